The average Bonchev–Trinajstić information content (AvgIpc) is 3.89. The highest BCUT2D eigenvalue weighted by Gasteiger charge is 2.57. The van der Waals surface area contributed by atoms with Crippen LogP contribution in [0.4, 0.5) is 15.0 Å². The number of hydrogen-bond donors (Lipinski definition) is 1. The lowest BCUT2D eigenvalue weighted by Gasteiger charge is -2.43. The molecule has 2 bridgehead atoms. The minimum atomic E-state index is -0.645. The van der Waals surface area contributed by atoms with Gasteiger partial charge in [0.05, 0.1) is 23.7 Å². The van der Waals surface area contributed by atoms with Crippen molar-refractivity contribution in [3.63, 3.8) is 0 Å². The molecule has 3 saturated heterocycles. The van der Waals surface area contributed by atoms with Crippen LogP contribution in [0.5, 0.6) is 5.75 Å². The number of rotatable bonds is 7. The van der Waals surface area contributed by atoms with Gasteiger partial charge in [-0.25, -0.2) is 24.1 Å². The number of aromatic hydroxyl groups is 1. The molecule has 0 spiro atoms. The van der Waals surface area contributed by atoms with E-state index in [0.717, 1.165) is 22.7 Å². The lowest BCUT2D eigenvalue weighted by molar-refractivity contribution is 0.0211. The first-order chi connectivity index (χ1) is 26.3. The second-order valence-corrected chi connectivity index (χ2v) is 18.3. The fraction of sp³-hybridized carbons (Fsp3) is 0.390. The van der Waals surface area contributed by atoms with Gasteiger partial charge in [0.25, 0.3) is 0 Å². The van der Waals surface area contributed by atoms with Crippen LogP contribution in [0.3, 0.4) is 0 Å². The number of pyridine rings is 1. The Hall–Kier alpha value is -4.84. The molecule has 3 aromatic heterocycles. The zero-order chi connectivity index (χ0) is 38.5. The van der Waals surface area contributed by atoms with E-state index in [9.17, 15) is 15.2 Å². The summed E-state index contributed by atoms with van der Waals surface area (Å²) >= 11 is 5.01. The predicted molar refractivity (Wildman–Crippen MR) is 216 cm³/mol. The van der Waals surface area contributed by atoms with Crippen LogP contribution in [-0.4, -0.2) is 91.9 Å². The van der Waals surface area contributed by atoms with Crippen LogP contribution in [0.1, 0.15) is 45.2 Å². The number of imidazole rings is 1. The maximum absolute atomic E-state index is 17.9. The topological polar surface area (TPSA) is 124 Å². The van der Waals surface area contributed by atoms with Gasteiger partial charge in [0.1, 0.15) is 28.1 Å². The van der Waals surface area contributed by atoms with E-state index in [-0.39, 0.29) is 48.2 Å². The molecule has 14 heteroatoms. The van der Waals surface area contributed by atoms with Crippen molar-refractivity contribution < 1.29 is 19.0 Å². The quantitative estimate of drug-likeness (QED) is 0.169. The highest BCUT2D eigenvalue weighted by atomic mass is 79.9. The summed E-state index contributed by atoms with van der Waals surface area (Å²) in [5.41, 5.74) is 3.06. The van der Waals surface area contributed by atoms with Crippen molar-refractivity contribution in [1.29, 1.82) is 5.26 Å². The number of aryl methyl sites for hydroxylation is 1. The minimum absolute atomic E-state index is 0.0194. The van der Waals surface area contributed by atoms with Crippen LogP contribution in [0.15, 0.2) is 51.8 Å². The number of likely N-dealkylation sites (N-methyl/N-ethyl adjacent to an activating group) is 1. The third kappa shape index (κ3) is 5.90. The second kappa shape index (κ2) is 13.1. The fourth-order valence-electron chi connectivity index (χ4n) is 8.67. The first-order valence-electron chi connectivity index (χ1n) is 18.5. The first kappa shape index (κ1) is 35.8. The van der Waals surface area contributed by atoms with Crippen molar-refractivity contribution >= 4 is 71.9 Å². The first-order valence-corrected chi connectivity index (χ1v) is 20.2. The molecule has 3 unspecified atom stereocenters. The van der Waals surface area contributed by atoms with Crippen LogP contribution in [0.2, 0.25) is 0 Å². The van der Waals surface area contributed by atoms with Crippen LogP contribution in [0.25, 0.3) is 55.4 Å². The summed E-state index contributed by atoms with van der Waals surface area (Å²) in [5, 5.41) is 24.7. The van der Waals surface area contributed by atoms with E-state index in [1.54, 1.807) is 12.1 Å². The van der Waals surface area contributed by atoms with E-state index in [0.29, 0.717) is 74.5 Å². The Morgan fingerprint density at radius 3 is 2.60 bits per heavy atom. The van der Waals surface area contributed by atoms with Crippen LogP contribution >= 0.6 is 27.3 Å². The van der Waals surface area contributed by atoms with Crippen molar-refractivity contribution in [2.24, 2.45) is 5.92 Å². The Labute approximate surface area is 330 Å². The van der Waals surface area contributed by atoms with E-state index >= 15 is 4.39 Å². The lowest BCUT2D eigenvalue weighted by atomic mass is 9.79. The zero-order valence-electron chi connectivity index (χ0n) is 31.2. The largest absolute Gasteiger partial charge is 0.508 e. The maximum Gasteiger partial charge on any atom is 0.410 e. The number of halogens is 2. The number of aromatic nitrogens is 4. The molecule has 3 atom stereocenters. The third-order valence-corrected chi connectivity index (χ3v) is 12.7. The van der Waals surface area contributed by atoms with Crippen molar-refractivity contribution in [3.05, 3.63) is 63.1 Å². The van der Waals surface area contributed by atoms with Crippen molar-refractivity contribution in [2.75, 3.05) is 38.6 Å². The van der Waals surface area contributed by atoms with Gasteiger partial charge >= 0.3 is 6.09 Å². The summed E-state index contributed by atoms with van der Waals surface area (Å²) in [6.45, 7) is 7.53. The molecular weight excluding hydrogens is 783 g/mol. The molecule has 0 radical (unpaired) electrons. The number of carbonyl (C=O) groups is 1. The molecule has 6 aromatic rings. The smallest absolute Gasteiger partial charge is 0.410 e. The number of thiazole rings is 1. The molecule has 55 heavy (non-hydrogen) atoms. The van der Waals surface area contributed by atoms with E-state index in [2.05, 4.69) is 50.5 Å². The van der Waals surface area contributed by atoms with Gasteiger partial charge in [-0.2, -0.15) is 5.26 Å². The Kier molecular flexibility index (Phi) is 8.56. The molecule has 3 aliphatic heterocycles. The minimum Gasteiger partial charge on any atom is -0.508 e. The van der Waals surface area contributed by atoms with Gasteiger partial charge in [-0.15, -0.1) is 11.3 Å². The third-order valence-electron chi connectivity index (χ3n) is 11.3. The Bertz CT molecular complexity index is 2590. The molecule has 10 rings (SSSR count). The van der Waals surface area contributed by atoms with Gasteiger partial charge in [0.15, 0.2) is 21.4 Å². The Morgan fingerprint density at radius 1 is 1.11 bits per heavy atom. The molecule has 1 N–H and O–H groups in total. The standard InChI is InChI=1S/C41H40BrFN8O3S/c1-41(2,3)54-40(53)50-17-23-15-30(50)35(23)51-36-28-14-22(10-8-12-44)31(27-16-25(52)13-21-9-6-7-11-26(21)27)32(43)33(28)46-38(49-18-24(19-49)48(4)5)34(36)47-37(51)29-20-55-39(42)45-29/h6-7,9,11,13-14,16,20,23-24,30,35,52H,8,10,15,17-19H2,1-5H3. The number of carbonyl (C=O) groups excluding carboxylic acids is 1. The number of nitrogens with zero attached hydrogens (tertiary/aromatic N) is 8. The fourth-order valence-corrected chi connectivity index (χ4v) is 9.66. The van der Waals surface area contributed by atoms with Crippen molar-refractivity contribution in [1.82, 2.24) is 29.3 Å². The van der Waals surface area contributed by atoms with Crippen LogP contribution < -0.4 is 4.90 Å². The number of amides is 1. The summed E-state index contributed by atoms with van der Waals surface area (Å²) in [5.74, 6) is 0.828. The molecular formula is C41H40BrFN8O3S. The highest BCUT2D eigenvalue weighted by molar-refractivity contribution is 9.11. The maximum atomic E-state index is 17.9. The molecule has 4 aliphatic rings. The van der Waals surface area contributed by atoms with E-state index < -0.39 is 11.4 Å². The highest BCUT2D eigenvalue weighted by Crippen LogP contribution is 2.54. The normalized spacial score (nSPS) is 19.7. The van der Waals surface area contributed by atoms with Gasteiger partial charge in [-0.3, -0.25) is 0 Å². The van der Waals surface area contributed by atoms with Gasteiger partial charge in [-0.1, -0.05) is 24.3 Å². The van der Waals surface area contributed by atoms with Crippen LogP contribution in [-0.2, 0) is 11.2 Å². The van der Waals surface area contributed by atoms with Crippen molar-refractivity contribution in [3.8, 4) is 34.5 Å². The molecule has 3 aromatic carbocycles. The number of anilines is 1. The number of phenolic OH excluding ortho intramolecular Hbond substituents is 1. The van der Waals surface area contributed by atoms with Gasteiger partial charge < -0.3 is 29.1 Å². The number of ether oxygens (including phenoxy) is 1. The van der Waals surface area contributed by atoms with Crippen molar-refractivity contribution in [2.45, 2.75) is 63.8 Å². The molecule has 1 aliphatic carbocycles. The average molecular weight is 824 g/mol. The summed E-state index contributed by atoms with van der Waals surface area (Å²) in [6.07, 6.45) is 0.911. The number of benzene rings is 3. The summed E-state index contributed by atoms with van der Waals surface area (Å²) in [7, 11) is 4.10. The molecule has 1 amide bonds. The molecule has 11 nitrogen and oxygen atoms in total. The molecule has 282 valence electrons. The van der Waals surface area contributed by atoms with Gasteiger partial charge in [0.2, 0.25) is 0 Å². The molecule has 6 heterocycles. The molecule has 4 fully saturated rings. The zero-order valence-corrected chi connectivity index (χ0v) is 33.6. The molecule has 1 saturated carbocycles. The van der Waals surface area contributed by atoms with Crippen LogP contribution in [0, 0.1) is 23.1 Å². The summed E-state index contributed by atoms with van der Waals surface area (Å²) in [6, 6.07) is 15.0. The number of phenols is 1. The Balaban J connectivity index is 1.34. The van der Waals surface area contributed by atoms with E-state index in [1.807, 2.05) is 61.4 Å². The number of fused-ring (bicyclic) bond motifs is 5. The predicted octanol–water partition coefficient (Wildman–Crippen LogP) is 8.52. The van der Waals surface area contributed by atoms with E-state index in [1.165, 1.54) is 11.3 Å². The lowest BCUT2D eigenvalue weighted by Crippen LogP contribution is -2.57. The SMILES string of the molecule is CN(C)C1CN(c2nc3c(F)c(-c4cc(O)cc5ccccc45)c(CCC#N)cc3c3c2nc(-c2csc(Br)n2)n3C2C3CC2N(C(=O)OC(C)(C)C)C3)C1. The van der Waals surface area contributed by atoms with E-state index in [4.69, 9.17) is 19.7 Å². The number of hydrogen-bond acceptors (Lipinski definition) is 10. The summed E-state index contributed by atoms with van der Waals surface area (Å²) < 4.78 is 26.6. The second-order valence-electron chi connectivity index (χ2n) is 16.1. The monoisotopic (exact) mass is 822 g/mol. The summed E-state index contributed by atoms with van der Waals surface area (Å²) in [4.78, 5) is 35.0. The number of nitriles is 1. The van der Waals surface area contributed by atoms with Gasteiger partial charge in [-0.05, 0) is 104 Å². The Morgan fingerprint density at radius 2 is 1.89 bits per heavy atom. The van der Waals surface area contributed by atoms with Gasteiger partial charge in [0, 0.05) is 54.3 Å².